The highest BCUT2D eigenvalue weighted by Crippen LogP contribution is 2.32. The van der Waals surface area contributed by atoms with Crippen LogP contribution in [0.1, 0.15) is 5.56 Å². The van der Waals surface area contributed by atoms with Gasteiger partial charge in [0, 0.05) is 13.1 Å². The number of nitrogens with two attached hydrogens (primary N) is 1. The number of methoxy groups -OCH3 is 1. The second-order valence-corrected chi connectivity index (χ2v) is 4.27. The summed E-state index contributed by atoms with van der Waals surface area (Å²) < 4.78 is 18.6. The van der Waals surface area contributed by atoms with Crippen molar-refractivity contribution in [3.05, 3.63) is 41.8 Å². The number of halogens is 1. The predicted molar refractivity (Wildman–Crippen MR) is 74.4 cm³/mol. The highest BCUT2D eigenvalue weighted by Gasteiger charge is 2.13. The molecule has 1 aromatic carbocycles. The number of hydrogen-bond acceptors (Lipinski definition) is 4. The molecule has 0 saturated carbocycles. The molecule has 4 nitrogen and oxygen atoms in total. The smallest absolute Gasteiger partial charge is 0.142 e. The molecule has 1 heterocycles. The molecule has 19 heavy (non-hydrogen) atoms. The van der Waals surface area contributed by atoms with Crippen molar-refractivity contribution in [1.29, 1.82) is 0 Å². The van der Waals surface area contributed by atoms with Gasteiger partial charge >= 0.3 is 0 Å². The van der Waals surface area contributed by atoms with Gasteiger partial charge in [-0.25, -0.2) is 9.37 Å². The molecule has 0 unspecified atom stereocenters. The molecule has 0 radical (unpaired) electrons. The van der Waals surface area contributed by atoms with Gasteiger partial charge in [-0.3, -0.25) is 0 Å². The standard InChI is InChI=1S/C14H16FN3O/c1-9-6-14(17-8-11(9)16)18(2)12-7-10(15)4-5-13(12)19-3/h4-8H,16H2,1-3H3. The number of aryl methyl sites for hydroxylation is 1. The zero-order valence-electron chi connectivity index (χ0n) is 11.1. The van der Waals surface area contributed by atoms with E-state index in [4.69, 9.17) is 10.5 Å². The average Bonchev–Trinajstić information content (AvgIpc) is 2.41. The topological polar surface area (TPSA) is 51.4 Å². The van der Waals surface area contributed by atoms with Crippen LogP contribution < -0.4 is 15.4 Å². The Balaban J connectivity index is 2.45. The summed E-state index contributed by atoms with van der Waals surface area (Å²) in [6.07, 6.45) is 1.59. The Morgan fingerprint density at radius 2 is 2.05 bits per heavy atom. The summed E-state index contributed by atoms with van der Waals surface area (Å²) in [5, 5.41) is 0. The van der Waals surface area contributed by atoms with Crippen LogP contribution in [-0.4, -0.2) is 19.1 Å². The quantitative estimate of drug-likeness (QED) is 0.923. The van der Waals surface area contributed by atoms with Crippen LogP contribution in [0.4, 0.5) is 21.6 Å². The molecule has 0 bridgehead atoms. The van der Waals surface area contributed by atoms with Crippen LogP contribution in [0.15, 0.2) is 30.5 Å². The summed E-state index contributed by atoms with van der Waals surface area (Å²) in [5.41, 5.74) is 7.90. The monoisotopic (exact) mass is 261 g/mol. The number of nitrogens with zero attached hydrogens (tertiary/aromatic N) is 2. The zero-order valence-corrected chi connectivity index (χ0v) is 11.1. The van der Waals surface area contributed by atoms with Crippen molar-refractivity contribution in [2.45, 2.75) is 6.92 Å². The summed E-state index contributed by atoms with van der Waals surface area (Å²) in [6.45, 7) is 1.90. The van der Waals surface area contributed by atoms with E-state index in [1.165, 1.54) is 12.1 Å². The lowest BCUT2D eigenvalue weighted by Gasteiger charge is -2.21. The van der Waals surface area contributed by atoms with E-state index >= 15 is 0 Å². The number of hydrogen-bond donors (Lipinski definition) is 1. The second kappa shape index (κ2) is 5.14. The third-order valence-electron chi connectivity index (χ3n) is 2.98. The van der Waals surface area contributed by atoms with E-state index in [-0.39, 0.29) is 5.82 Å². The van der Waals surface area contributed by atoms with Gasteiger partial charge in [0.05, 0.1) is 24.7 Å². The second-order valence-electron chi connectivity index (χ2n) is 4.27. The van der Waals surface area contributed by atoms with Gasteiger partial charge in [0.15, 0.2) is 0 Å². The highest BCUT2D eigenvalue weighted by molar-refractivity contribution is 5.68. The van der Waals surface area contributed by atoms with Crippen LogP contribution in [-0.2, 0) is 0 Å². The molecule has 0 aliphatic carbocycles. The van der Waals surface area contributed by atoms with E-state index in [1.807, 2.05) is 13.0 Å². The van der Waals surface area contributed by atoms with Gasteiger partial charge in [-0.05, 0) is 30.7 Å². The van der Waals surface area contributed by atoms with Gasteiger partial charge in [-0.1, -0.05) is 0 Å². The van der Waals surface area contributed by atoms with Crippen molar-refractivity contribution in [3.8, 4) is 5.75 Å². The first-order valence-electron chi connectivity index (χ1n) is 5.82. The largest absolute Gasteiger partial charge is 0.495 e. The Hall–Kier alpha value is -2.30. The fourth-order valence-electron chi connectivity index (χ4n) is 1.78. The van der Waals surface area contributed by atoms with Crippen LogP contribution in [0, 0.1) is 12.7 Å². The Bertz CT molecular complexity index is 601. The molecule has 0 aliphatic heterocycles. The lowest BCUT2D eigenvalue weighted by Crippen LogP contribution is -2.13. The van der Waals surface area contributed by atoms with Crippen molar-refractivity contribution in [1.82, 2.24) is 4.98 Å². The molecule has 0 atom stereocenters. The molecule has 0 aliphatic rings. The van der Waals surface area contributed by atoms with Crippen LogP contribution in [0.3, 0.4) is 0 Å². The first kappa shape index (κ1) is 13.1. The highest BCUT2D eigenvalue weighted by atomic mass is 19.1. The van der Waals surface area contributed by atoms with Crippen molar-refractivity contribution < 1.29 is 9.13 Å². The molecule has 0 spiro atoms. The lowest BCUT2D eigenvalue weighted by molar-refractivity contribution is 0.414. The number of ether oxygens (including phenoxy) is 1. The normalized spacial score (nSPS) is 10.3. The molecule has 1 aromatic heterocycles. The van der Waals surface area contributed by atoms with Gasteiger partial charge in [-0.15, -0.1) is 0 Å². The van der Waals surface area contributed by atoms with Crippen LogP contribution in [0.2, 0.25) is 0 Å². The van der Waals surface area contributed by atoms with E-state index < -0.39 is 0 Å². The van der Waals surface area contributed by atoms with E-state index in [2.05, 4.69) is 4.98 Å². The Morgan fingerprint density at radius 1 is 1.32 bits per heavy atom. The third-order valence-corrected chi connectivity index (χ3v) is 2.98. The Kier molecular flexibility index (Phi) is 3.55. The van der Waals surface area contributed by atoms with Gasteiger partial charge < -0.3 is 15.4 Å². The zero-order chi connectivity index (χ0) is 14.0. The molecule has 2 rings (SSSR count). The minimum Gasteiger partial charge on any atom is -0.495 e. The van der Waals surface area contributed by atoms with Crippen LogP contribution in [0.25, 0.3) is 0 Å². The maximum atomic E-state index is 13.4. The maximum Gasteiger partial charge on any atom is 0.142 e. The van der Waals surface area contributed by atoms with Crippen LogP contribution >= 0.6 is 0 Å². The number of rotatable bonds is 3. The number of anilines is 3. The maximum absolute atomic E-state index is 13.4. The minimum absolute atomic E-state index is 0.324. The number of pyridine rings is 1. The van der Waals surface area contributed by atoms with E-state index in [9.17, 15) is 4.39 Å². The summed E-state index contributed by atoms with van der Waals surface area (Å²) in [5.74, 6) is 0.936. The summed E-state index contributed by atoms with van der Waals surface area (Å²) >= 11 is 0. The van der Waals surface area contributed by atoms with Crippen LogP contribution in [0.5, 0.6) is 5.75 Å². The summed E-state index contributed by atoms with van der Waals surface area (Å²) in [4.78, 5) is 6.00. The predicted octanol–water partition coefficient (Wildman–Crippen LogP) is 2.89. The first-order chi connectivity index (χ1) is 9.02. The third kappa shape index (κ3) is 2.59. The number of nitrogen functional groups attached to an aromatic ring is 1. The molecular formula is C14H16FN3O. The molecule has 0 saturated heterocycles. The van der Waals surface area contributed by atoms with E-state index in [1.54, 1.807) is 31.3 Å². The van der Waals surface area contributed by atoms with E-state index in [0.717, 1.165) is 5.56 Å². The van der Waals surface area contributed by atoms with Crippen molar-refractivity contribution in [2.75, 3.05) is 24.8 Å². The van der Waals surface area contributed by atoms with E-state index in [0.29, 0.717) is 22.9 Å². The van der Waals surface area contributed by atoms with Gasteiger partial charge in [0.25, 0.3) is 0 Å². The average molecular weight is 261 g/mol. The molecule has 100 valence electrons. The Morgan fingerprint density at radius 3 is 2.68 bits per heavy atom. The number of aromatic nitrogens is 1. The number of benzene rings is 1. The fourth-order valence-corrected chi connectivity index (χ4v) is 1.78. The van der Waals surface area contributed by atoms with Gasteiger partial charge in [0.1, 0.15) is 17.4 Å². The molecule has 0 amide bonds. The molecule has 2 aromatic rings. The fraction of sp³-hybridized carbons (Fsp3) is 0.214. The minimum atomic E-state index is -0.324. The molecule has 5 heteroatoms. The van der Waals surface area contributed by atoms with Gasteiger partial charge in [-0.2, -0.15) is 0 Å². The lowest BCUT2D eigenvalue weighted by atomic mass is 10.2. The molecule has 2 N–H and O–H groups in total. The SMILES string of the molecule is COc1ccc(F)cc1N(C)c1cc(C)c(N)cn1. The van der Waals surface area contributed by atoms with Crippen molar-refractivity contribution >= 4 is 17.2 Å². The molecular weight excluding hydrogens is 245 g/mol. The van der Waals surface area contributed by atoms with Crippen molar-refractivity contribution in [2.24, 2.45) is 0 Å². The van der Waals surface area contributed by atoms with Crippen molar-refractivity contribution in [3.63, 3.8) is 0 Å². The summed E-state index contributed by atoms with van der Waals surface area (Å²) in [6, 6.07) is 6.20. The first-order valence-corrected chi connectivity index (χ1v) is 5.82. The van der Waals surface area contributed by atoms with Gasteiger partial charge in [0.2, 0.25) is 0 Å². The molecule has 0 fully saturated rings. The Labute approximate surface area is 111 Å². The summed E-state index contributed by atoms with van der Waals surface area (Å²) in [7, 11) is 3.35.